The summed E-state index contributed by atoms with van der Waals surface area (Å²) in [6.45, 7) is 4.18. The lowest BCUT2D eigenvalue weighted by Gasteiger charge is -2.28. The summed E-state index contributed by atoms with van der Waals surface area (Å²) >= 11 is 1.30. The number of fused-ring (bicyclic) bond motifs is 1. The Morgan fingerprint density at radius 2 is 2.12 bits per heavy atom. The number of thiazole rings is 1. The van der Waals surface area contributed by atoms with Crippen LogP contribution >= 0.6 is 11.3 Å². The molecule has 1 aliphatic heterocycles. The Hall–Kier alpha value is -2.29. The largest absolute Gasteiger partial charge is 0.459 e. The molecule has 1 amide bonds. The molecule has 3 heterocycles. The summed E-state index contributed by atoms with van der Waals surface area (Å²) in [5.41, 5.74) is 0.288. The van der Waals surface area contributed by atoms with Crippen molar-refractivity contribution in [3.8, 4) is 0 Å². The van der Waals surface area contributed by atoms with E-state index in [1.54, 1.807) is 29.2 Å². The van der Waals surface area contributed by atoms with Crippen molar-refractivity contribution in [2.24, 2.45) is 0 Å². The Morgan fingerprint density at radius 3 is 2.85 bits per heavy atom. The van der Waals surface area contributed by atoms with E-state index in [1.807, 2.05) is 0 Å². The third kappa shape index (κ3) is 3.48. The summed E-state index contributed by atoms with van der Waals surface area (Å²) in [6.07, 6.45) is 1.46. The molecule has 136 valence electrons. The van der Waals surface area contributed by atoms with Gasteiger partial charge in [0.15, 0.2) is 10.9 Å². The van der Waals surface area contributed by atoms with Crippen molar-refractivity contribution in [1.29, 1.82) is 0 Å². The number of hydrogen-bond donors (Lipinski definition) is 0. The molecule has 0 spiro atoms. The fourth-order valence-electron chi connectivity index (χ4n) is 2.90. The number of aromatic nitrogens is 1. The van der Waals surface area contributed by atoms with Gasteiger partial charge in [0, 0.05) is 26.2 Å². The number of rotatable bonds is 5. The Kier molecular flexibility index (Phi) is 4.96. The summed E-state index contributed by atoms with van der Waals surface area (Å²) in [6, 6.07) is 8.12. The third-order valence-electron chi connectivity index (χ3n) is 4.31. The van der Waals surface area contributed by atoms with E-state index in [0.29, 0.717) is 36.1 Å². The molecule has 1 aliphatic rings. The SMILES string of the molecule is O=C(c1ccco1)N(CCN1CCOCC1)c1nc2c(F)cccc2s1. The Morgan fingerprint density at radius 1 is 1.27 bits per heavy atom. The highest BCUT2D eigenvalue weighted by atomic mass is 32.1. The average molecular weight is 375 g/mol. The summed E-state index contributed by atoms with van der Waals surface area (Å²) < 4.78 is 25.4. The van der Waals surface area contributed by atoms with Gasteiger partial charge in [-0.1, -0.05) is 17.4 Å². The highest BCUT2D eigenvalue weighted by Crippen LogP contribution is 2.31. The van der Waals surface area contributed by atoms with Crippen molar-refractivity contribution in [2.75, 3.05) is 44.3 Å². The molecule has 2 aromatic heterocycles. The molecular weight excluding hydrogens is 357 g/mol. The maximum atomic E-state index is 14.0. The molecular formula is C18H18FN3O3S. The monoisotopic (exact) mass is 375 g/mol. The average Bonchev–Trinajstić information content (AvgIpc) is 3.33. The minimum Gasteiger partial charge on any atom is -0.459 e. The highest BCUT2D eigenvalue weighted by molar-refractivity contribution is 7.22. The number of carbonyl (C=O) groups excluding carboxylic acids is 1. The molecule has 0 aliphatic carbocycles. The van der Waals surface area contributed by atoms with Crippen molar-refractivity contribution < 1.29 is 18.3 Å². The zero-order valence-corrected chi connectivity index (χ0v) is 14.9. The number of halogens is 1. The van der Waals surface area contributed by atoms with E-state index in [4.69, 9.17) is 9.15 Å². The van der Waals surface area contributed by atoms with E-state index in [9.17, 15) is 9.18 Å². The number of amides is 1. The molecule has 0 unspecified atom stereocenters. The molecule has 1 saturated heterocycles. The molecule has 4 rings (SSSR count). The third-order valence-corrected chi connectivity index (χ3v) is 5.35. The lowest BCUT2D eigenvalue weighted by atomic mass is 10.3. The van der Waals surface area contributed by atoms with Crippen LogP contribution in [0.25, 0.3) is 10.2 Å². The smallest absolute Gasteiger partial charge is 0.295 e. The summed E-state index contributed by atoms with van der Waals surface area (Å²) in [4.78, 5) is 21.1. The van der Waals surface area contributed by atoms with Crippen molar-refractivity contribution in [2.45, 2.75) is 0 Å². The number of carbonyl (C=O) groups is 1. The molecule has 0 saturated carbocycles. The Labute approximate surface area is 153 Å². The first kappa shape index (κ1) is 17.1. The first-order valence-electron chi connectivity index (χ1n) is 8.43. The van der Waals surface area contributed by atoms with Gasteiger partial charge in [-0.25, -0.2) is 9.37 Å². The maximum Gasteiger partial charge on any atom is 0.295 e. The fourth-order valence-corrected chi connectivity index (χ4v) is 3.91. The lowest BCUT2D eigenvalue weighted by Crippen LogP contribution is -2.43. The van der Waals surface area contributed by atoms with Crippen LogP contribution in [-0.2, 0) is 4.74 Å². The molecule has 0 bridgehead atoms. The maximum absolute atomic E-state index is 14.0. The number of morpholine rings is 1. The molecule has 1 fully saturated rings. The second-order valence-corrected chi connectivity index (χ2v) is 6.98. The highest BCUT2D eigenvalue weighted by Gasteiger charge is 2.25. The van der Waals surface area contributed by atoms with Gasteiger partial charge >= 0.3 is 0 Å². The van der Waals surface area contributed by atoms with Crippen LogP contribution in [-0.4, -0.2) is 55.2 Å². The molecule has 6 nitrogen and oxygen atoms in total. The van der Waals surface area contributed by atoms with Crippen molar-refractivity contribution >= 4 is 32.6 Å². The molecule has 1 aromatic carbocycles. The minimum atomic E-state index is -0.386. The van der Waals surface area contributed by atoms with Crippen LogP contribution < -0.4 is 4.90 Å². The number of para-hydroxylation sites is 1. The van der Waals surface area contributed by atoms with Crippen molar-refractivity contribution in [3.63, 3.8) is 0 Å². The van der Waals surface area contributed by atoms with E-state index >= 15 is 0 Å². The van der Waals surface area contributed by atoms with Gasteiger partial charge in [-0.15, -0.1) is 0 Å². The predicted octanol–water partition coefficient (Wildman–Crippen LogP) is 3.01. The Balaban J connectivity index is 1.62. The van der Waals surface area contributed by atoms with Gasteiger partial charge < -0.3 is 9.15 Å². The second kappa shape index (κ2) is 7.53. The van der Waals surface area contributed by atoms with E-state index in [1.165, 1.54) is 23.7 Å². The van der Waals surface area contributed by atoms with Crippen LogP contribution in [0.15, 0.2) is 41.0 Å². The normalized spacial score (nSPS) is 15.4. The minimum absolute atomic E-state index is 0.242. The van der Waals surface area contributed by atoms with Gasteiger partial charge in [-0.05, 0) is 24.3 Å². The van der Waals surface area contributed by atoms with E-state index in [0.717, 1.165) is 13.1 Å². The lowest BCUT2D eigenvalue weighted by molar-refractivity contribution is 0.0390. The topological polar surface area (TPSA) is 58.8 Å². The van der Waals surface area contributed by atoms with E-state index < -0.39 is 0 Å². The van der Waals surface area contributed by atoms with Gasteiger partial charge in [0.25, 0.3) is 5.91 Å². The first-order valence-corrected chi connectivity index (χ1v) is 9.24. The van der Waals surface area contributed by atoms with Crippen molar-refractivity contribution in [3.05, 3.63) is 48.2 Å². The van der Waals surface area contributed by atoms with Gasteiger partial charge in [0.05, 0.1) is 24.2 Å². The van der Waals surface area contributed by atoms with Gasteiger partial charge in [-0.3, -0.25) is 14.6 Å². The summed E-state index contributed by atoms with van der Waals surface area (Å²) in [7, 11) is 0. The van der Waals surface area contributed by atoms with Crippen LogP contribution in [0.4, 0.5) is 9.52 Å². The number of ether oxygens (including phenoxy) is 1. The second-order valence-electron chi connectivity index (χ2n) is 5.97. The fraction of sp³-hybridized carbons (Fsp3) is 0.333. The first-order chi connectivity index (χ1) is 12.7. The predicted molar refractivity (Wildman–Crippen MR) is 97.2 cm³/mol. The molecule has 26 heavy (non-hydrogen) atoms. The summed E-state index contributed by atoms with van der Waals surface area (Å²) in [5.74, 6) is -0.419. The number of nitrogens with zero attached hydrogens (tertiary/aromatic N) is 3. The molecule has 3 aromatic rings. The van der Waals surface area contributed by atoms with Gasteiger partial charge in [-0.2, -0.15) is 0 Å². The number of hydrogen-bond acceptors (Lipinski definition) is 6. The molecule has 0 atom stereocenters. The molecule has 0 radical (unpaired) electrons. The Bertz CT molecular complexity index is 890. The standard InChI is InChI=1S/C18H18FN3O3S/c19-13-3-1-5-15-16(13)20-18(26-15)22(17(23)14-4-2-10-25-14)7-6-21-8-11-24-12-9-21/h1-5,10H,6-9,11-12H2. The molecule has 0 N–H and O–H groups in total. The van der Waals surface area contributed by atoms with Crippen LogP contribution in [0, 0.1) is 5.82 Å². The quantitative estimate of drug-likeness (QED) is 0.686. The van der Waals surface area contributed by atoms with Crippen molar-refractivity contribution in [1.82, 2.24) is 9.88 Å². The summed E-state index contributed by atoms with van der Waals surface area (Å²) in [5, 5.41) is 0.472. The number of benzene rings is 1. The van der Waals surface area contributed by atoms with Crippen LogP contribution in [0.2, 0.25) is 0 Å². The van der Waals surface area contributed by atoms with Gasteiger partial charge in [0.1, 0.15) is 11.3 Å². The zero-order chi connectivity index (χ0) is 17.9. The number of furan rings is 1. The van der Waals surface area contributed by atoms with Gasteiger partial charge in [0.2, 0.25) is 0 Å². The number of anilines is 1. The van der Waals surface area contributed by atoms with Crippen LogP contribution in [0.1, 0.15) is 10.6 Å². The van der Waals surface area contributed by atoms with E-state index in [2.05, 4.69) is 9.88 Å². The van der Waals surface area contributed by atoms with E-state index in [-0.39, 0.29) is 23.0 Å². The van der Waals surface area contributed by atoms with Crippen LogP contribution in [0.5, 0.6) is 0 Å². The zero-order valence-electron chi connectivity index (χ0n) is 14.1. The van der Waals surface area contributed by atoms with Crippen LogP contribution in [0.3, 0.4) is 0 Å². The molecule has 8 heteroatoms.